The van der Waals surface area contributed by atoms with Gasteiger partial charge in [0.05, 0.1) is 12.8 Å². The van der Waals surface area contributed by atoms with Gasteiger partial charge in [-0.25, -0.2) is 4.98 Å². The molecule has 1 fully saturated rings. The number of aryl methyl sites for hydroxylation is 1. The lowest BCUT2D eigenvalue weighted by Crippen LogP contribution is -2.42. The third-order valence-corrected chi connectivity index (χ3v) is 6.53. The van der Waals surface area contributed by atoms with Gasteiger partial charge in [-0.2, -0.15) is 4.98 Å². The first-order chi connectivity index (χ1) is 15.5. The van der Waals surface area contributed by atoms with E-state index in [-0.39, 0.29) is 0 Å². The molecule has 172 valence electrons. The second-order valence-corrected chi connectivity index (χ2v) is 9.33. The van der Waals surface area contributed by atoms with Gasteiger partial charge in [0.1, 0.15) is 11.6 Å². The number of anilines is 3. The van der Waals surface area contributed by atoms with Crippen LogP contribution in [0.15, 0.2) is 24.3 Å². The fourth-order valence-electron chi connectivity index (χ4n) is 4.63. The summed E-state index contributed by atoms with van der Waals surface area (Å²) in [7, 11) is 5.80. The van der Waals surface area contributed by atoms with E-state index in [0.29, 0.717) is 17.2 Å². The van der Waals surface area contributed by atoms with E-state index in [2.05, 4.69) is 34.9 Å². The lowest BCUT2D eigenvalue weighted by Gasteiger charge is -2.31. The molecule has 0 unspecified atom stereocenters. The molecule has 1 aromatic carbocycles. The monoisotopic (exact) mass is 454 g/mol. The lowest BCUT2D eigenvalue weighted by molar-refractivity contribution is 0.387. The van der Waals surface area contributed by atoms with Crippen LogP contribution in [-0.2, 0) is 12.8 Å². The SMILES string of the molecule is COc1cccc(NC(=S)NC2CCC(Nc3nc4c(c(N(C)C)n3)CCCC4)CC2)c1. The van der Waals surface area contributed by atoms with Crippen molar-refractivity contribution in [1.82, 2.24) is 15.3 Å². The minimum absolute atomic E-state index is 0.375. The molecule has 1 heterocycles. The number of nitrogens with one attached hydrogen (secondary N) is 3. The average molecular weight is 455 g/mol. The molecule has 0 saturated heterocycles. The summed E-state index contributed by atoms with van der Waals surface area (Å²) in [4.78, 5) is 11.8. The van der Waals surface area contributed by atoms with Gasteiger partial charge in [-0.1, -0.05) is 6.07 Å². The van der Waals surface area contributed by atoms with Crippen molar-refractivity contribution >= 4 is 34.8 Å². The summed E-state index contributed by atoms with van der Waals surface area (Å²) in [6.45, 7) is 0. The molecule has 8 heteroatoms. The summed E-state index contributed by atoms with van der Waals surface area (Å²) in [6, 6.07) is 8.56. The maximum atomic E-state index is 5.52. The Morgan fingerprint density at radius 2 is 1.81 bits per heavy atom. The predicted octanol–water partition coefficient (Wildman–Crippen LogP) is 4.14. The quantitative estimate of drug-likeness (QED) is 0.563. The number of nitrogens with zero attached hydrogens (tertiary/aromatic N) is 3. The Morgan fingerprint density at radius 1 is 1.06 bits per heavy atom. The first-order valence-corrected chi connectivity index (χ1v) is 12.0. The van der Waals surface area contributed by atoms with E-state index in [1.807, 2.05) is 24.3 Å². The lowest BCUT2D eigenvalue weighted by atomic mass is 9.91. The van der Waals surface area contributed by atoms with Crippen LogP contribution in [0.5, 0.6) is 5.75 Å². The highest BCUT2D eigenvalue weighted by molar-refractivity contribution is 7.80. The Morgan fingerprint density at radius 3 is 2.56 bits per heavy atom. The third kappa shape index (κ3) is 5.59. The number of ether oxygens (including phenoxy) is 1. The summed E-state index contributed by atoms with van der Waals surface area (Å²) >= 11 is 5.52. The Hall–Kier alpha value is -2.61. The number of rotatable bonds is 6. The molecule has 0 radical (unpaired) electrons. The number of hydrogen-bond donors (Lipinski definition) is 3. The summed E-state index contributed by atoms with van der Waals surface area (Å²) in [6.07, 6.45) is 8.85. The van der Waals surface area contributed by atoms with E-state index in [9.17, 15) is 0 Å². The molecule has 7 nitrogen and oxygen atoms in total. The van der Waals surface area contributed by atoms with Crippen LogP contribution in [0, 0.1) is 0 Å². The number of fused-ring (bicyclic) bond motifs is 1. The van der Waals surface area contributed by atoms with Gasteiger partial charge in [0.25, 0.3) is 0 Å². The van der Waals surface area contributed by atoms with E-state index in [1.54, 1.807) is 7.11 Å². The van der Waals surface area contributed by atoms with Gasteiger partial charge in [0.15, 0.2) is 5.11 Å². The minimum atomic E-state index is 0.375. The maximum absolute atomic E-state index is 5.52. The number of hydrogen-bond acceptors (Lipinski definition) is 6. The smallest absolute Gasteiger partial charge is 0.225 e. The standard InChI is InChI=1S/C24H34N6OS/c1-30(2)22-20-9-4-5-10-21(20)28-23(29-22)25-16-11-13-17(14-12-16)26-24(32)27-18-7-6-8-19(15-18)31-3/h6-8,15-17H,4-5,9-14H2,1-3H3,(H,25,28,29)(H2,26,27,32). The fourth-order valence-corrected chi connectivity index (χ4v) is 4.91. The van der Waals surface area contributed by atoms with Crippen molar-refractivity contribution in [2.75, 3.05) is 36.7 Å². The molecule has 2 aliphatic carbocycles. The van der Waals surface area contributed by atoms with Crippen LogP contribution in [0.25, 0.3) is 0 Å². The molecule has 0 bridgehead atoms. The molecular formula is C24H34N6OS. The second kappa shape index (κ2) is 10.3. The van der Waals surface area contributed by atoms with Gasteiger partial charge < -0.3 is 25.6 Å². The van der Waals surface area contributed by atoms with Crippen molar-refractivity contribution in [2.45, 2.75) is 63.5 Å². The van der Waals surface area contributed by atoms with Crippen molar-refractivity contribution in [3.63, 3.8) is 0 Å². The zero-order chi connectivity index (χ0) is 22.5. The largest absolute Gasteiger partial charge is 0.497 e. The first kappa shape index (κ1) is 22.6. The van der Waals surface area contributed by atoms with Crippen molar-refractivity contribution < 1.29 is 4.74 Å². The predicted molar refractivity (Wildman–Crippen MR) is 135 cm³/mol. The van der Waals surface area contributed by atoms with Crippen molar-refractivity contribution in [3.05, 3.63) is 35.5 Å². The van der Waals surface area contributed by atoms with E-state index < -0.39 is 0 Å². The van der Waals surface area contributed by atoms with E-state index >= 15 is 0 Å². The highest BCUT2D eigenvalue weighted by Crippen LogP contribution is 2.29. The molecular weight excluding hydrogens is 420 g/mol. The molecule has 1 saturated carbocycles. The average Bonchev–Trinajstić information content (AvgIpc) is 2.80. The molecule has 32 heavy (non-hydrogen) atoms. The van der Waals surface area contributed by atoms with Crippen LogP contribution in [0.4, 0.5) is 17.5 Å². The van der Waals surface area contributed by atoms with Crippen LogP contribution in [-0.4, -0.2) is 48.4 Å². The fraction of sp³-hybridized carbons (Fsp3) is 0.542. The van der Waals surface area contributed by atoms with Gasteiger partial charge in [0.2, 0.25) is 5.95 Å². The molecule has 0 atom stereocenters. The Bertz CT molecular complexity index is 942. The normalized spacial score (nSPS) is 20.1. The Kier molecular flexibility index (Phi) is 7.29. The molecule has 2 aromatic rings. The first-order valence-electron chi connectivity index (χ1n) is 11.6. The summed E-state index contributed by atoms with van der Waals surface area (Å²) < 4.78 is 5.27. The molecule has 0 spiro atoms. The van der Waals surface area contributed by atoms with Crippen LogP contribution < -0.4 is 25.6 Å². The van der Waals surface area contributed by atoms with Crippen molar-refractivity contribution in [2.24, 2.45) is 0 Å². The van der Waals surface area contributed by atoms with Gasteiger partial charge >= 0.3 is 0 Å². The second-order valence-electron chi connectivity index (χ2n) is 8.92. The summed E-state index contributed by atoms with van der Waals surface area (Å²) in [5.41, 5.74) is 3.48. The van der Waals surface area contributed by atoms with Crippen LogP contribution in [0.1, 0.15) is 49.8 Å². The van der Waals surface area contributed by atoms with Crippen molar-refractivity contribution in [3.8, 4) is 5.75 Å². The number of aromatic nitrogens is 2. The molecule has 1 aromatic heterocycles. The summed E-state index contributed by atoms with van der Waals surface area (Å²) in [5.74, 6) is 2.66. The van der Waals surface area contributed by atoms with Gasteiger partial charge in [-0.3, -0.25) is 0 Å². The Labute approximate surface area is 196 Å². The van der Waals surface area contributed by atoms with E-state index in [4.69, 9.17) is 26.9 Å². The molecule has 3 N–H and O–H groups in total. The van der Waals surface area contributed by atoms with E-state index in [1.165, 1.54) is 24.1 Å². The zero-order valence-corrected chi connectivity index (χ0v) is 20.1. The van der Waals surface area contributed by atoms with Crippen LogP contribution in [0.2, 0.25) is 0 Å². The van der Waals surface area contributed by atoms with Crippen LogP contribution >= 0.6 is 12.2 Å². The van der Waals surface area contributed by atoms with Crippen molar-refractivity contribution in [1.29, 1.82) is 0 Å². The minimum Gasteiger partial charge on any atom is -0.497 e. The van der Waals surface area contributed by atoms with Gasteiger partial charge in [0, 0.05) is 43.5 Å². The number of thiocarbonyl (C=S) groups is 1. The number of methoxy groups -OCH3 is 1. The molecule has 4 rings (SSSR count). The van der Waals surface area contributed by atoms with Gasteiger partial charge in [-0.05, 0) is 75.7 Å². The molecule has 0 amide bonds. The molecule has 2 aliphatic rings. The van der Waals surface area contributed by atoms with E-state index in [0.717, 1.165) is 61.7 Å². The highest BCUT2D eigenvalue weighted by atomic mass is 32.1. The van der Waals surface area contributed by atoms with Crippen LogP contribution in [0.3, 0.4) is 0 Å². The zero-order valence-electron chi connectivity index (χ0n) is 19.3. The Balaban J connectivity index is 1.29. The third-order valence-electron chi connectivity index (χ3n) is 6.31. The number of benzene rings is 1. The molecule has 0 aliphatic heterocycles. The van der Waals surface area contributed by atoms with Gasteiger partial charge in [-0.15, -0.1) is 0 Å². The topological polar surface area (TPSA) is 74.3 Å². The summed E-state index contributed by atoms with van der Waals surface area (Å²) in [5, 5.41) is 11.0. The maximum Gasteiger partial charge on any atom is 0.225 e. The highest BCUT2D eigenvalue weighted by Gasteiger charge is 2.24.